The number of amides is 2. The molecule has 1 aromatic heterocycles. The van der Waals surface area contributed by atoms with Crippen molar-refractivity contribution in [2.24, 2.45) is 0 Å². The number of likely N-dealkylation sites (N-methyl/N-ethyl adjacent to an activating group) is 1. The number of anilines is 3. The second-order valence-electron chi connectivity index (χ2n) is 9.02. The molecule has 0 unspecified atom stereocenters. The standard InChI is InChI=1S/C26H23N3O2S2Si/c1-28-25(31)18(24(30)27-26(28)32)16-17-12-13-23(33-17)29-19-8-2-4-10-21(19)34(14-6-7-15-34)22-11-5-3-9-20(22)29/h2-5,8-13,16H,6-7,14-15H2,1H3,(H,27,30,32)/b18-16+. The number of thiocarbonyl (C=S) groups is 1. The van der Waals surface area contributed by atoms with Crippen LogP contribution in [0.5, 0.6) is 0 Å². The summed E-state index contributed by atoms with van der Waals surface area (Å²) in [7, 11) is -0.189. The maximum Gasteiger partial charge on any atom is 0.265 e. The van der Waals surface area contributed by atoms with E-state index < -0.39 is 14.0 Å². The summed E-state index contributed by atoms with van der Waals surface area (Å²) in [5.41, 5.74) is 2.64. The molecule has 3 aliphatic rings. The van der Waals surface area contributed by atoms with Gasteiger partial charge in [0.15, 0.2) is 5.11 Å². The molecule has 8 heteroatoms. The molecule has 3 aromatic rings. The molecule has 2 amide bonds. The number of benzene rings is 2. The third-order valence-electron chi connectivity index (χ3n) is 7.20. The van der Waals surface area contributed by atoms with E-state index in [1.165, 1.54) is 51.6 Å². The predicted octanol–water partition coefficient (Wildman–Crippen LogP) is 4.14. The van der Waals surface area contributed by atoms with Crippen LogP contribution in [0.3, 0.4) is 0 Å². The van der Waals surface area contributed by atoms with Gasteiger partial charge in [0.25, 0.3) is 11.8 Å². The minimum Gasteiger partial charge on any atom is -0.302 e. The first-order valence-corrected chi connectivity index (χ1v) is 15.1. The molecule has 170 valence electrons. The monoisotopic (exact) mass is 501 g/mol. The normalized spacial score (nSPS) is 20.0. The summed E-state index contributed by atoms with van der Waals surface area (Å²) in [6, 6.07) is 24.4. The van der Waals surface area contributed by atoms with Gasteiger partial charge in [0, 0.05) is 23.3 Å². The lowest BCUT2D eigenvalue weighted by Crippen LogP contribution is -2.60. The summed E-state index contributed by atoms with van der Waals surface area (Å²) in [5, 5.41) is 6.83. The van der Waals surface area contributed by atoms with Gasteiger partial charge in [0.05, 0.1) is 0 Å². The third kappa shape index (κ3) is 3.13. The number of nitrogens with one attached hydrogen (secondary N) is 1. The van der Waals surface area contributed by atoms with E-state index >= 15 is 0 Å². The lowest BCUT2D eigenvalue weighted by molar-refractivity contribution is -0.128. The van der Waals surface area contributed by atoms with Crippen molar-refractivity contribution in [2.45, 2.75) is 24.9 Å². The van der Waals surface area contributed by atoms with Crippen LogP contribution in [-0.4, -0.2) is 36.9 Å². The zero-order chi connectivity index (χ0) is 23.4. The molecule has 5 nitrogen and oxygen atoms in total. The second-order valence-corrected chi connectivity index (χ2v) is 14.7. The molecular weight excluding hydrogens is 479 g/mol. The Bertz CT molecular complexity index is 1340. The highest BCUT2D eigenvalue weighted by Crippen LogP contribution is 2.45. The van der Waals surface area contributed by atoms with E-state index in [9.17, 15) is 9.59 Å². The molecule has 2 fully saturated rings. The largest absolute Gasteiger partial charge is 0.302 e. The van der Waals surface area contributed by atoms with E-state index in [1.807, 2.05) is 6.07 Å². The highest BCUT2D eigenvalue weighted by molar-refractivity contribution is 7.80. The Morgan fingerprint density at radius 2 is 1.56 bits per heavy atom. The van der Waals surface area contributed by atoms with Gasteiger partial charge < -0.3 is 4.90 Å². The molecule has 1 spiro atoms. The van der Waals surface area contributed by atoms with Crippen LogP contribution in [0.2, 0.25) is 12.1 Å². The smallest absolute Gasteiger partial charge is 0.265 e. The zero-order valence-corrected chi connectivity index (χ0v) is 21.3. The van der Waals surface area contributed by atoms with Gasteiger partial charge in [-0.15, -0.1) is 11.3 Å². The fourth-order valence-corrected chi connectivity index (χ4v) is 12.3. The number of hydrogen-bond donors (Lipinski definition) is 1. The van der Waals surface area contributed by atoms with Gasteiger partial charge in [-0.1, -0.05) is 49.2 Å². The van der Waals surface area contributed by atoms with Crippen molar-refractivity contribution in [3.8, 4) is 0 Å². The molecule has 6 rings (SSSR count). The molecule has 34 heavy (non-hydrogen) atoms. The molecule has 2 saturated heterocycles. The number of fused-ring (bicyclic) bond motifs is 4. The Kier molecular flexibility index (Phi) is 5.05. The summed E-state index contributed by atoms with van der Waals surface area (Å²) >= 11 is 6.63. The average molecular weight is 502 g/mol. The first-order valence-electron chi connectivity index (χ1n) is 11.4. The Balaban J connectivity index is 1.46. The fraction of sp³-hybridized carbons (Fsp3) is 0.192. The molecular formula is C26H23N3O2S2Si. The topological polar surface area (TPSA) is 52.7 Å². The van der Waals surface area contributed by atoms with Crippen LogP contribution in [0.25, 0.3) is 6.08 Å². The molecule has 0 bridgehead atoms. The van der Waals surface area contributed by atoms with E-state index in [1.54, 1.807) is 24.5 Å². The van der Waals surface area contributed by atoms with Crippen LogP contribution < -0.4 is 20.6 Å². The van der Waals surface area contributed by atoms with Gasteiger partial charge in [-0.05, 0) is 65.0 Å². The van der Waals surface area contributed by atoms with Gasteiger partial charge in [-0.3, -0.25) is 19.8 Å². The van der Waals surface area contributed by atoms with E-state index in [0.29, 0.717) is 0 Å². The van der Waals surface area contributed by atoms with Crippen LogP contribution in [-0.2, 0) is 9.59 Å². The van der Waals surface area contributed by atoms with Crippen molar-refractivity contribution in [1.82, 2.24) is 10.2 Å². The minimum atomic E-state index is -1.76. The number of carbonyl (C=O) groups is 2. The first-order chi connectivity index (χ1) is 16.5. The molecule has 0 radical (unpaired) electrons. The number of thiophene rings is 1. The Morgan fingerprint density at radius 1 is 0.941 bits per heavy atom. The molecule has 0 atom stereocenters. The van der Waals surface area contributed by atoms with Crippen LogP contribution in [0.15, 0.2) is 66.2 Å². The number of nitrogens with zero attached hydrogens (tertiary/aromatic N) is 2. The van der Waals surface area contributed by atoms with Crippen molar-refractivity contribution in [2.75, 3.05) is 11.9 Å². The van der Waals surface area contributed by atoms with Gasteiger partial charge in [-0.2, -0.15) is 0 Å². The average Bonchev–Trinajstić information content (AvgIpc) is 3.52. The zero-order valence-electron chi connectivity index (χ0n) is 18.7. The van der Waals surface area contributed by atoms with Crippen molar-refractivity contribution in [1.29, 1.82) is 0 Å². The fourth-order valence-electron chi connectivity index (χ4n) is 5.60. The maximum absolute atomic E-state index is 12.6. The molecule has 0 saturated carbocycles. The summed E-state index contributed by atoms with van der Waals surface area (Å²) in [5.74, 6) is -0.836. The number of hydrogen-bond acceptors (Lipinski definition) is 5. The van der Waals surface area contributed by atoms with E-state index in [0.717, 1.165) is 9.88 Å². The summed E-state index contributed by atoms with van der Waals surface area (Å²) in [6.07, 6.45) is 4.28. The summed E-state index contributed by atoms with van der Waals surface area (Å²) in [4.78, 5) is 29.6. The molecule has 0 aliphatic carbocycles. The van der Waals surface area contributed by atoms with Gasteiger partial charge in [0.2, 0.25) is 0 Å². The number of para-hydroxylation sites is 2. The highest BCUT2D eigenvalue weighted by atomic mass is 32.1. The van der Waals surface area contributed by atoms with Crippen LogP contribution in [0.4, 0.5) is 16.4 Å². The van der Waals surface area contributed by atoms with Crippen molar-refractivity contribution >= 4 is 81.4 Å². The number of carbonyl (C=O) groups excluding carboxylic acids is 2. The molecule has 3 aliphatic heterocycles. The van der Waals surface area contributed by atoms with Crippen LogP contribution in [0, 0.1) is 0 Å². The lowest BCUT2D eigenvalue weighted by Gasteiger charge is -2.42. The number of rotatable bonds is 2. The third-order valence-corrected chi connectivity index (χ3v) is 13.9. The van der Waals surface area contributed by atoms with E-state index in [-0.39, 0.29) is 16.6 Å². The summed E-state index contributed by atoms with van der Waals surface area (Å²) in [6.45, 7) is 0. The molecule has 1 N–H and O–H groups in total. The SMILES string of the molecule is CN1C(=O)/C(=C/c2ccc(N3c4ccccc4[Si]4(CCCC4)c4ccccc43)s2)C(=O)NC1=S. The molecule has 2 aromatic carbocycles. The Morgan fingerprint density at radius 3 is 2.21 bits per heavy atom. The van der Waals surface area contributed by atoms with E-state index in [2.05, 4.69) is 64.8 Å². The molecule has 4 heterocycles. The minimum absolute atomic E-state index is 0.0984. The van der Waals surface area contributed by atoms with Gasteiger partial charge >= 0.3 is 0 Å². The second kappa shape index (κ2) is 8.01. The quantitative estimate of drug-likeness (QED) is 0.248. The van der Waals surface area contributed by atoms with Crippen molar-refractivity contribution < 1.29 is 9.59 Å². The Labute approximate surface area is 208 Å². The first kappa shape index (κ1) is 21.5. The highest BCUT2D eigenvalue weighted by Gasteiger charge is 2.47. The summed E-state index contributed by atoms with van der Waals surface area (Å²) < 4.78 is 0. The van der Waals surface area contributed by atoms with Crippen molar-refractivity contribution in [3.05, 3.63) is 71.1 Å². The predicted molar refractivity (Wildman–Crippen MR) is 144 cm³/mol. The van der Waals surface area contributed by atoms with Crippen LogP contribution >= 0.6 is 23.6 Å². The van der Waals surface area contributed by atoms with Gasteiger partial charge in [-0.25, -0.2) is 0 Å². The van der Waals surface area contributed by atoms with Gasteiger partial charge in [0.1, 0.15) is 18.6 Å². The van der Waals surface area contributed by atoms with Crippen molar-refractivity contribution in [3.63, 3.8) is 0 Å². The van der Waals surface area contributed by atoms with E-state index in [4.69, 9.17) is 12.2 Å². The van der Waals surface area contributed by atoms with Crippen LogP contribution in [0.1, 0.15) is 17.7 Å². The Hall–Kier alpha value is -3.07. The lowest BCUT2D eigenvalue weighted by atomic mass is 10.1. The maximum atomic E-state index is 12.6.